The van der Waals surface area contributed by atoms with Gasteiger partial charge in [-0.25, -0.2) is 9.18 Å². The van der Waals surface area contributed by atoms with E-state index >= 15 is 0 Å². The Morgan fingerprint density at radius 1 is 1.04 bits per heavy atom. The van der Waals surface area contributed by atoms with Gasteiger partial charge in [0.15, 0.2) is 0 Å². The Morgan fingerprint density at radius 2 is 1.71 bits per heavy atom. The highest BCUT2D eigenvalue weighted by Crippen LogP contribution is 2.11. The fourth-order valence-corrected chi connectivity index (χ4v) is 2.99. The summed E-state index contributed by atoms with van der Waals surface area (Å²) in [7, 11) is 0. The summed E-state index contributed by atoms with van der Waals surface area (Å²) < 4.78 is 15.5. The molecule has 0 radical (unpaired) electrons. The van der Waals surface area contributed by atoms with Crippen LogP contribution in [0.1, 0.15) is 20.3 Å². The lowest BCUT2D eigenvalue weighted by Crippen LogP contribution is -2.42. The molecule has 0 spiro atoms. The summed E-state index contributed by atoms with van der Waals surface area (Å²) in [4.78, 5) is 38.2. The molecule has 0 unspecified atom stereocenters. The predicted octanol–water partition coefficient (Wildman–Crippen LogP) is 2.99. The van der Waals surface area contributed by atoms with Gasteiger partial charge in [-0.05, 0) is 48.7 Å². The van der Waals surface area contributed by atoms with Crippen molar-refractivity contribution < 1.29 is 9.18 Å². The SMILES string of the molecule is CC(C)CCn1c(=O)c2ccccc2n(CC(=O)Nc2ccc(F)cc2)c1=O. The molecule has 0 fully saturated rings. The van der Waals surface area contributed by atoms with E-state index in [1.807, 2.05) is 13.8 Å². The first kappa shape index (κ1) is 19.5. The molecular weight excluding hydrogens is 361 g/mol. The van der Waals surface area contributed by atoms with E-state index < -0.39 is 17.4 Å². The second kappa shape index (κ2) is 8.21. The maximum Gasteiger partial charge on any atom is 0.331 e. The Labute approximate surface area is 161 Å². The van der Waals surface area contributed by atoms with Gasteiger partial charge in [-0.15, -0.1) is 0 Å². The first-order valence-electron chi connectivity index (χ1n) is 9.14. The molecule has 0 saturated carbocycles. The van der Waals surface area contributed by atoms with E-state index in [1.54, 1.807) is 24.3 Å². The smallest absolute Gasteiger partial charge is 0.325 e. The molecular formula is C21H22FN3O3. The molecule has 1 heterocycles. The topological polar surface area (TPSA) is 73.1 Å². The maximum absolute atomic E-state index is 13.0. The molecule has 0 bridgehead atoms. The predicted molar refractivity (Wildman–Crippen MR) is 107 cm³/mol. The van der Waals surface area contributed by atoms with Gasteiger partial charge < -0.3 is 5.32 Å². The molecule has 0 aliphatic heterocycles. The van der Waals surface area contributed by atoms with Crippen LogP contribution in [-0.4, -0.2) is 15.0 Å². The number of aromatic nitrogens is 2. The highest BCUT2D eigenvalue weighted by atomic mass is 19.1. The number of nitrogens with zero attached hydrogens (tertiary/aromatic N) is 2. The van der Waals surface area contributed by atoms with Crippen LogP contribution in [0.4, 0.5) is 10.1 Å². The minimum absolute atomic E-state index is 0.251. The van der Waals surface area contributed by atoms with Crippen LogP contribution >= 0.6 is 0 Å². The summed E-state index contributed by atoms with van der Waals surface area (Å²) in [6.45, 7) is 4.07. The number of amides is 1. The third kappa shape index (κ3) is 4.19. The Morgan fingerprint density at radius 3 is 2.39 bits per heavy atom. The molecule has 28 heavy (non-hydrogen) atoms. The maximum atomic E-state index is 13.0. The Hall–Kier alpha value is -3.22. The van der Waals surface area contributed by atoms with Crippen molar-refractivity contribution in [2.75, 3.05) is 5.32 Å². The third-order valence-corrected chi connectivity index (χ3v) is 4.49. The van der Waals surface area contributed by atoms with Crippen molar-refractivity contribution in [3.05, 3.63) is 75.2 Å². The van der Waals surface area contributed by atoms with E-state index in [-0.39, 0.29) is 12.1 Å². The van der Waals surface area contributed by atoms with Crippen LogP contribution in [0.15, 0.2) is 58.1 Å². The highest BCUT2D eigenvalue weighted by Gasteiger charge is 2.15. The van der Waals surface area contributed by atoms with E-state index in [9.17, 15) is 18.8 Å². The minimum Gasteiger partial charge on any atom is -0.325 e. The van der Waals surface area contributed by atoms with Crippen molar-refractivity contribution in [3.63, 3.8) is 0 Å². The summed E-state index contributed by atoms with van der Waals surface area (Å²) in [5, 5.41) is 3.03. The molecule has 1 amide bonds. The number of para-hydroxylation sites is 1. The third-order valence-electron chi connectivity index (χ3n) is 4.49. The molecule has 0 aliphatic rings. The van der Waals surface area contributed by atoms with E-state index in [2.05, 4.69) is 5.32 Å². The molecule has 0 atom stereocenters. The van der Waals surface area contributed by atoms with Crippen molar-refractivity contribution in [3.8, 4) is 0 Å². The van der Waals surface area contributed by atoms with Crippen LogP contribution in [0.3, 0.4) is 0 Å². The molecule has 6 nitrogen and oxygen atoms in total. The van der Waals surface area contributed by atoms with E-state index in [4.69, 9.17) is 0 Å². The number of halogens is 1. The Kier molecular flexibility index (Phi) is 5.73. The normalized spacial score (nSPS) is 11.1. The number of hydrogen-bond donors (Lipinski definition) is 1. The summed E-state index contributed by atoms with van der Waals surface area (Å²) in [5.74, 6) is -0.515. The Balaban J connectivity index is 1.99. The molecule has 1 aromatic heterocycles. The van der Waals surface area contributed by atoms with Gasteiger partial charge in [-0.1, -0.05) is 26.0 Å². The first-order chi connectivity index (χ1) is 13.4. The van der Waals surface area contributed by atoms with Crippen LogP contribution in [0, 0.1) is 11.7 Å². The zero-order chi connectivity index (χ0) is 20.3. The summed E-state index contributed by atoms with van der Waals surface area (Å²) in [5.41, 5.74) is -0.0283. The van der Waals surface area contributed by atoms with Crippen LogP contribution < -0.4 is 16.6 Å². The summed E-state index contributed by atoms with van der Waals surface area (Å²) >= 11 is 0. The molecule has 3 rings (SSSR count). The second-order valence-corrected chi connectivity index (χ2v) is 7.08. The van der Waals surface area contributed by atoms with Gasteiger partial charge in [0, 0.05) is 12.2 Å². The zero-order valence-corrected chi connectivity index (χ0v) is 15.8. The zero-order valence-electron chi connectivity index (χ0n) is 15.8. The van der Waals surface area contributed by atoms with Gasteiger partial charge in [0.05, 0.1) is 10.9 Å². The van der Waals surface area contributed by atoms with Crippen molar-refractivity contribution >= 4 is 22.5 Å². The number of rotatable bonds is 6. The van der Waals surface area contributed by atoms with E-state index in [0.29, 0.717) is 35.5 Å². The van der Waals surface area contributed by atoms with Gasteiger partial charge in [-0.2, -0.15) is 0 Å². The molecule has 0 saturated heterocycles. The van der Waals surface area contributed by atoms with Crippen LogP contribution in [0.25, 0.3) is 10.9 Å². The average molecular weight is 383 g/mol. The molecule has 1 N–H and O–H groups in total. The van der Waals surface area contributed by atoms with Gasteiger partial charge in [-0.3, -0.25) is 18.7 Å². The lowest BCUT2D eigenvalue weighted by molar-refractivity contribution is -0.116. The quantitative estimate of drug-likeness (QED) is 0.711. The van der Waals surface area contributed by atoms with Crippen LogP contribution in [0.2, 0.25) is 0 Å². The van der Waals surface area contributed by atoms with Gasteiger partial charge >= 0.3 is 5.69 Å². The number of nitrogens with one attached hydrogen (secondary N) is 1. The fourth-order valence-electron chi connectivity index (χ4n) is 2.99. The van der Waals surface area contributed by atoms with Crippen LogP contribution in [0.5, 0.6) is 0 Å². The number of carbonyl (C=O) groups excluding carboxylic acids is 1. The van der Waals surface area contributed by atoms with Gasteiger partial charge in [0.25, 0.3) is 5.56 Å². The number of carbonyl (C=O) groups is 1. The number of fused-ring (bicyclic) bond motifs is 1. The van der Waals surface area contributed by atoms with Gasteiger partial charge in [0.2, 0.25) is 5.91 Å². The average Bonchev–Trinajstić information content (AvgIpc) is 2.67. The lowest BCUT2D eigenvalue weighted by Gasteiger charge is -2.15. The molecule has 2 aromatic carbocycles. The highest BCUT2D eigenvalue weighted by molar-refractivity contribution is 5.91. The standard InChI is InChI=1S/C21H22FN3O3/c1-14(2)11-12-24-20(27)17-5-3-4-6-18(17)25(21(24)28)13-19(26)23-16-9-7-15(22)8-10-16/h3-10,14H,11-13H2,1-2H3,(H,23,26). The minimum atomic E-state index is -0.515. The second-order valence-electron chi connectivity index (χ2n) is 7.08. The largest absolute Gasteiger partial charge is 0.331 e. The van der Waals surface area contributed by atoms with Crippen molar-refractivity contribution in [1.82, 2.24) is 9.13 Å². The van der Waals surface area contributed by atoms with Crippen molar-refractivity contribution in [1.29, 1.82) is 0 Å². The van der Waals surface area contributed by atoms with E-state index in [1.165, 1.54) is 33.4 Å². The first-order valence-corrected chi connectivity index (χ1v) is 9.14. The summed E-state index contributed by atoms with van der Waals surface area (Å²) in [6.07, 6.45) is 0.676. The molecule has 146 valence electrons. The molecule has 3 aromatic rings. The molecule has 0 aliphatic carbocycles. The van der Waals surface area contributed by atoms with E-state index in [0.717, 1.165) is 0 Å². The summed E-state index contributed by atoms with van der Waals surface area (Å²) in [6, 6.07) is 12.1. The fraction of sp³-hybridized carbons (Fsp3) is 0.286. The number of hydrogen-bond acceptors (Lipinski definition) is 3. The lowest BCUT2D eigenvalue weighted by atomic mass is 10.1. The van der Waals surface area contributed by atoms with Gasteiger partial charge in [0.1, 0.15) is 12.4 Å². The molecule has 7 heteroatoms. The van der Waals surface area contributed by atoms with Crippen molar-refractivity contribution in [2.24, 2.45) is 5.92 Å². The number of benzene rings is 2. The van der Waals surface area contributed by atoms with Crippen molar-refractivity contribution in [2.45, 2.75) is 33.4 Å². The van der Waals surface area contributed by atoms with Crippen LogP contribution in [-0.2, 0) is 17.9 Å². The monoisotopic (exact) mass is 383 g/mol. The Bertz CT molecular complexity index is 1110. The number of anilines is 1.